The topological polar surface area (TPSA) is 29.5 Å². The van der Waals surface area contributed by atoms with Crippen molar-refractivity contribution in [1.29, 1.82) is 0 Å². The van der Waals surface area contributed by atoms with Gasteiger partial charge in [-0.15, -0.1) is 0 Å². The summed E-state index contributed by atoms with van der Waals surface area (Å²) in [7, 11) is 0. The van der Waals surface area contributed by atoms with Crippen LogP contribution in [0.4, 0.5) is 0 Å². The second kappa shape index (κ2) is 4.28. The van der Waals surface area contributed by atoms with Gasteiger partial charge in [-0.3, -0.25) is 0 Å². The minimum atomic E-state index is 0.0656. The molecule has 0 spiro atoms. The molecule has 2 nitrogen and oxygen atoms in total. The van der Waals surface area contributed by atoms with Crippen LogP contribution >= 0.6 is 0 Å². The Morgan fingerprint density at radius 2 is 2.00 bits per heavy atom. The molecule has 1 N–H and O–H groups in total. The maximum Gasteiger partial charge on any atom is 0.120 e. The summed E-state index contributed by atoms with van der Waals surface area (Å²) in [4.78, 5) is 0. The number of rotatable bonds is 3. The Labute approximate surface area is 79.2 Å². The first-order valence-electron chi connectivity index (χ1n) is 4.50. The van der Waals surface area contributed by atoms with E-state index in [1.54, 1.807) is 0 Å². The molecule has 1 aromatic rings. The van der Waals surface area contributed by atoms with E-state index in [2.05, 4.69) is 0 Å². The van der Waals surface area contributed by atoms with Gasteiger partial charge in [0.2, 0.25) is 0 Å². The molecule has 0 aliphatic rings. The molecule has 2 heteroatoms. The highest BCUT2D eigenvalue weighted by Gasteiger charge is 2.00. The second-order valence-electron chi connectivity index (χ2n) is 3.48. The lowest BCUT2D eigenvalue weighted by Crippen LogP contribution is -2.06. The van der Waals surface area contributed by atoms with Crippen molar-refractivity contribution in [3.05, 3.63) is 29.3 Å². The van der Waals surface area contributed by atoms with Crippen LogP contribution in [0.3, 0.4) is 0 Å². The van der Waals surface area contributed by atoms with Gasteiger partial charge in [0, 0.05) is 0 Å². The largest absolute Gasteiger partial charge is 0.491 e. The Hall–Kier alpha value is -1.02. The minimum Gasteiger partial charge on any atom is -0.491 e. The minimum absolute atomic E-state index is 0.0656. The van der Waals surface area contributed by atoms with Gasteiger partial charge in [0.05, 0.1) is 12.7 Å². The van der Waals surface area contributed by atoms with Crippen molar-refractivity contribution in [3.63, 3.8) is 0 Å². The standard InChI is InChI=1S/C11H16O2/c1-8(2)13-11-5-9(3)4-10(6-11)7-12/h4-6,8,12H,7H2,1-3H3. The molecule has 0 aliphatic heterocycles. The van der Waals surface area contributed by atoms with Gasteiger partial charge in [-0.1, -0.05) is 6.07 Å². The Morgan fingerprint density at radius 1 is 1.31 bits per heavy atom. The predicted octanol–water partition coefficient (Wildman–Crippen LogP) is 2.27. The summed E-state index contributed by atoms with van der Waals surface area (Å²) in [5.74, 6) is 0.832. The summed E-state index contributed by atoms with van der Waals surface area (Å²) in [6.45, 7) is 6.03. The van der Waals surface area contributed by atoms with E-state index in [0.29, 0.717) is 0 Å². The lowest BCUT2D eigenvalue weighted by molar-refractivity contribution is 0.240. The van der Waals surface area contributed by atoms with E-state index in [-0.39, 0.29) is 12.7 Å². The van der Waals surface area contributed by atoms with Gasteiger partial charge in [0.25, 0.3) is 0 Å². The molecule has 0 amide bonds. The summed E-state index contributed by atoms with van der Waals surface area (Å²) < 4.78 is 5.53. The van der Waals surface area contributed by atoms with Crippen LogP contribution in [-0.2, 0) is 6.61 Å². The fourth-order valence-corrected chi connectivity index (χ4v) is 1.26. The van der Waals surface area contributed by atoms with E-state index in [1.807, 2.05) is 39.0 Å². The molecule has 72 valence electrons. The molecule has 0 saturated carbocycles. The van der Waals surface area contributed by atoms with Gasteiger partial charge < -0.3 is 9.84 Å². The molecule has 0 unspecified atom stereocenters. The zero-order valence-corrected chi connectivity index (χ0v) is 8.37. The van der Waals surface area contributed by atoms with Crippen LogP contribution in [-0.4, -0.2) is 11.2 Å². The number of aryl methyl sites for hydroxylation is 1. The lowest BCUT2D eigenvalue weighted by Gasteiger charge is -2.11. The van der Waals surface area contributed by atoms with Crippen molar-refractivity contribution in [1.82, 2.24) is 0 Å². The van der Waals surface area contributed by atoms with Gasteiger partial charge in [-0.05, 0) is 44.0 Å². The number of ether oxygens (including phenoxy) is 1. The van der Waals surface area contributed by atoms with Gasteiger partial charge in [-0.2, -0.15) is 0 Å². The Morgan fingerprint density at radius 3 is 2.54 bits per heavy atom. The summed E-state index contributed by atoms with van der Waals surface area (Å²) in [6, 6.07) is 5.79. The normalized spacial score (nSPS) is 10.5. The molecule has 0 aromatic heterocycles. The highest BCUT2D eigenvalue weighted by Crippen LogP contribution is 2.17. The molecule has 1 rings (SSSR count). The first-order chi connectivity index (χ1) is 6.11. The highest BCUT2D eigenvalue weighted by atomic mass is 16.5. The van der Waals surface area contributed by atoms with Crippen molar-refractivity contribution in [3.8, 4) is 5.75 Å². The second-order valence-corrected chi connectivity index (χ2v) is 3.48. The van der Waals surface area contributed by atoms with Crippen LogP contribution in [0.2, 0.25) is 0 Å². The number of hydrogen-bond donors (Lipinski definition) is 1. The molecule has 0 fully saturated rings. The molecule has 0 aliphatic carbocycles. The molecule has 0 saturated heterocycles. The molecule has 0 bridgehead atoms. The van der Waals surface area contributed by atoms with Crippen molar-refractivity contribution in [2.75, 3.05) is 0 Å². The van der Waals surface area contributed by atoms with Crippen LogP contribution in [0.5, 0.6) is 5.75 Å². The summed E-state index contributed by atoms with van der Waals surface area (Å²) in [5.41, 5.74) is 2.01. The molecule has 13 heavy (non-hydrogen) atoms. The van der Waals surface area contributed by atoms with E-state index in [4.69, 9.17) is 9.84 Å². The van der Waals surface area contributed by atoms with Crippen molar-refractivity contribution in [2.24, 2.45) is 0 Å². The third-order valence-electron chi connectivity index (χ3n) is 1.67. The number of aliphatic hydroxyl groups excluding tert-OH is 1. The van der Waals surface area contributed by atoms with Crippen LogP contribution in [0.1, 0.15) is 25.0 Å². The quantitative estimate of drug-likeness (QED) is 0.773. The molecular weight excluding hydrogens is 164 g/mol. The Balaban J connectivity index is 2.88. The van der Waals surface area contributed by atoms with Crippen molar-refractivity contribution in [2.45, 2.75) is 33.5 Å². The number of benzene rings is 1. The van der Waals surface area contributed by atoms with Gasteiger partial charge in [-0.25, -0.2) is 0 Å². The van der Waals surface area contributed by atoms with Crippen LogP contribution in [0.15, 0.2) is 18.2 Å². The Bertz CT molecular complexity index is 279. The van der Waals surface area contributed by atoms with Crippen LogP contribution in [0, 0.1) is 6.92 Å². The van der Waals surface area contributed by atoms with Gasteiger partial charge in [0.15, 0.2) is 0 Å². The highest BCUT2D eigenvalue weighted by molar-refractivity contribution is 5.33. The summed E-state index contributed by atoms with van der Waals surface area (Å²) >= 11 is 0. The van der Waals surface area contributed by atoms with Gasteiger partial charge in [0.1, 0.15) is 5.75 Å². The van der Waals surface area contributed by atoms with E-state index < -0.39 is 0 Å². The van der Waals surface area contributed by atoms with E-state index in [9.17, 15) is 0 Å². The summed E-state index contributed by atoms with van der Waals surface area (Å²) in [5, 5.41) is 8.97. The van der Waals surface area contributed by atoms with E-state index in [0.717, 1.165) is 16.9 Å². The third kappa shape index (κ3) is 3.07. The first kappa shape index (κ1) is 10.1. The average Bonchev–Trinajstić information content (AvgIpc) is 2.01. The smallest absolute Gasteiger partial charge is 0.120 e. The zero-order valence-electron chi connectivity index (χ0n) is 8.37. The van der Waals surface area contributed by atoms with E-state index in [1.165, 1.54) is 0 Å². The maximum atomic E-state index is 8.97. The zero-order chi connectivity index (χ0) is 9.84. The molecule has 0 radical (unpaired) electrons. The summed E-state index contributed by atoms with van der Waals surface area (Å²) in [6.07, 6.45) is 0.174. The average molecular weight is 180 g/mol. The SMILES string of the molecule is Cc1cc(CO)cc(OC(C)C)c1. The van der Waals surface area contributed by atoms with Crippen molar-refractivity contribution < 1.29 is 9.84 Å². The number of hydrogen-bond acceptors (Lipinski definition) is 2. The van der Waals surface area contributed by atoms with Crippen molar-refractivity contribution >= 4 is 0 Å². The molecular formula is C11H16O2. The monoisotopic (exact) mass is 180 g/mol. The molecule has 1 aromatic carbocycles. The van der Waals surface area contributed by atoms with Gasteiger partial charge >= 0.3 is 0 Å². The maximum absolute atomic E-state index is 8.97. The van der Waals surface area contributed by atoms with Crippen LogP contribution < -0.4 is 4.74 Å². The van der Waals surface area contributed by atoms with Crippen LogP contribution in [0.25, 0.3) is 0 Å². The molecule has 0 heterocycles. The molecule has 0 atom stereocenters. The first-order valence-corrected chi connectivity index (χ1v) is 4.50. The van der Waals surface area contributed by atoms with E-state index >= 15 is 0 Å². The lowest BCUT2D eigenvalue weighted by atomic mass is 10.1. The predicted molar refractivity (Wildman–Crippen MR) is 52.9 cm³/mol. The third-order valence-corrected chi connectivity index (χ3v) is 1.67. The Kier molecular flexibility index (Phi) is 3.32. The fraction of sp³-hybridized carbons (Fsp3) is 0.455. The fourth-order valence-electron chi connectivity index (χ4n) is 1.26. The number of aliphatic hydroxyl groups is 1.